The van der Waals surface area contributed by atoms with Gasteiger partial charge in [-0.05, 0) is 0 Å². The van der Waals surface area contributed by atoms with Crippen molar-refractivity contribution < 1.29 is 39.6 Å². The van der Waals surface area contributed by atoms with E-state index in [9.17, 15) is 0 Å². The average molecular weight is 336 g/mol. The number of rotatable bonds is 0. The van der Waals surface area contributed by atoms with Gasteiger partial charge in [0.2, 0.25) is 0 Å². The predicted octanol–water partition coefficient (Wildman–Crippen LogP) is 1.81. The fraction of sp³-hybridized carbons (Fsp3) is 0.400. The van der Waals surface area contributed by atoms with Gasteiger partial charge in [-0.25, -0.2) is 0 Å². The van der Waals surface area contributed by atoms with Crippen molar-refractivity contribution in [1.82, 2.24) is 24.6 Å². The zero-order chi connectivity index (χ0) is 16.3. The van der Waals surface area contributed by atoms with Crippen LogP contribution in [0.4, 0.5) is 0 Å². The van der Waals surface area contributed by atoms with Crippen molar-refractivity contribution in [3.8, 4) is 0 Å². The highest BCUT2D eigenvalue weighted by molar-refractivity contribution is 5.63. The Bertz CT molecular complexity index is 185. The van der Waals surface area contributed by atoms with E-state index >= 15 is 0 Å². The lowest BCUT2D eigenvalue weighted by Crippen LogP contribution is -1.78. The Morgan fingerprint density at radius 2 is 0.500 bits per heavy atom. The Kier molecular flexibility index (Phi) is 173. The zero-order valence-electron chi connectivity index (χ0n) is 13.7. The largest absolute Gasteiger partial charge is 0.481 e. The molecule has 0 aromatic heterocycles. The molecule has 140 valence electrons. The van der Waals surface area contributed by atoms with Crippen LogP contribution in [0.25, 0.3) is 0 Å². The first kappa shape index (κ1) is 60.6. The summed E-state index contributed by atoms with van der Waals surface area (Å²) < 4.78 is 0. The Morgan fingerprint density at radius 1 is 0.500 bits per heavy atom. The molecule has 0 aromatic carbocycles. The molecule has 12 heteroatoms. The molecule has 0 amide bonds. The van der Waals surface area contributed by atoms with Gasteiger partial charge in [0.05, 0.1) is 0 Å². The molecule has 0 spiro atoms. The maximum absolute atomic E-state index is 9.00. The minimum atomic E-state index is -0.833. The van der Waals surface area contributed by atoms with Crippen molar-refractivity contribution in [2.75, 3.05) is 0 Å². The number of carboxylic acids is 4. The van der Waals surface area contributed by atoms with Crippen molar-refractivity contribution in [3.63, 3.8) is 0 Å². The van der Waals surface area contributed by atoms with Gasteiger partial charge >= 0.3 is 0 Å². The number of aliphatic carboxylic acids is 4. The Balaban J connectivity index is -0.0000000133. The molecule has 22 heavy (non-hydrogen) atoms. The number of hydrogen-bond donors (Lipinski definition) is 8. The topological polar surface area (TPSA) is 289 Å². The maximum atomic E-state index is 9.00. The fourth-order valence-electron chi connectivity index (χ4n) is 0. The van der Waals surface area contributed by atoms with Crippen molar-refractivity contribution in [1.29, 1.82) is 0 Å². The molecule has 0 heterocycles. The smallest absolute Gasteiger partial charge is 0.300 e. The predicted molar refractivity (Wildman–Crippen MR) is 84.6 cm³/mol. The van der Waals surface area contributed by atoms with Gasteiger partial charge < -0.3 is 45.0 Å². The monoisotopic (exact) mass is 336 g/mol. The van der Waals surface area contributed by atoms with E-state index in [1.807, 2.05) is 0 Å². The van der Waals surface area contributed by atoms with Crippen molar-refractivity contribution in [2.45, 2.75) is 27.7 Å². The normalized spacial score (nSPS) is 4.73. The third-order valence-electron chi connectivity index (χ3n) is 0. The van der Waals surface area contributed by atoms with Crippen molar-refractivity contribution >= 4 is 23.9 Å². The van der Waals surface area contributed by atoms with Crippen LogP contribution in [0.1, 0.15) is 27.7 Å². The Hall–Kier alpha value is -2.54. The molecular formula is C10H32N4O8. The van der Waals surface area contributed by atoms with E-state index in [1.165, 1.54) is 0 Å². The first-order valence-corrected chi connectivity index (χ1v) is 4.21. The first-order chi connectivity index (χ1) is 7.93. The molecular weight excluding hydrogens is 304 g/mol. The van der Waals surface area contributed by atoms with Crippen LogP contribution >= 0.6 is 0 Å². The van der Waals surface area contributed by atoms with E-state index in [2.05, 4.69) is 13.2 Å². The highest BCUT2D eigenvalue weighted by Gasteiger charge is 1.66. The SMILES string of the molecule is C=C.CC(=O)O.CC(=O)O.CC(=O)O.CC(=O)O.N.N.N.N. The van der Waals surface area contributed by atoms with Gasteiger partial charge in [-0.2, -0.15) is 0 Å². The molecule has 0 aliphatic carbocycles. The van der Waals surface area contributed by atoms with Crippen LogP contribution in [0.15, 0.2) is 13.2 Å². The standard InChI is InChI=1S/4C2H4O2.C2H4.4H3N/c4*1-2(3)4;1-2;;;;/h4*1H3,(H,3,4);1-2H2;4*1H3. The number of hydrogen-bond acceptors (Lipinski definition) is 8. The summed E-state index contributed by atoms with van der Waals surface area (Å²) in [5, 5.41) is 29.7. The molecule has 0 bridgehead atoms. The molecule has 0 atom stereocenters. The average Bonchev–Trinajstić information content (AvgIpc) is 2.01. The van der Waals surface area contributed by atoms with Gasteiger partial charge in [-0.15, -0.1) is 13.2 Å². The third kappa shape index (κ3) is 733. The van der Waals surface area contributed by atoms with Crippen LogP contribution < -0.4 is 24.6 Å². The number of carbonyl (C=O) groups is 4. The van der Waals surface area contributed by atoms with Crippen LogP contribution in [0.3, 0.4) is 0 Å². The quantitative estimate of drug-likeness (QED) is 0.293. The van der Waals surface area contributed by atoms with Crippen LogP contribution in [-0.4, -0.2) is 44.3 Å². The second-order valence-electron chi connectivity index (χ2n) is 2.08. The molecule has 16 N–H and O–H groups in total. The molecule has 0 fully saturated rings. The fourth-order valence-corrected chi connectivity index (χ4v) is 0. The van der Waals surface area contributed by atoms with Crippen LogP contribution in [0.2, 0.25) is 0 Å². The van der Waals surface area contributed by atoms with E-state index in [0.29, 0.717) is 0 Å². The Morgan fingerprint density at radius 3 is 0.500 bits per heavy atom. The molecule has 0 aliphatic heterocycles. The van der Waals surface area contributed by atoms with Crippen LogP contribution in [0.5, 0.6) is 0 Å². The molecule has 0 aromatic rings. The van der Waals surface area contributed by atoms with Crippen molar-refractivity contribution in [2.24, 2.45) is 0 Å². The van der Waals surface area contributed by atoms with E-state index in [-0.39, 0.29) is 24.6 Å². The lowest BCUT2D eigenvalue weighted by Gasteiger charge is -1.59. The molecule has 0 unspecified atom stereocenters. The highest BCUT2D eigenvalue weighted by atomic mass is 16.4. The number of carboxylic acid groups (broad SMARTS) is 4. The summed E-state index contributed by atoms with van der Waals surface area (Å²) in [4.78, 5) is 36.0. The molecule has 0 rings (SSSR count). The zero-order valence-corrected chi connectivity index (χ0v) is 13.7. The lowest BCUT2D eigenvalue weighted by molar-refractivity contribution is -0.135. The van der Waals surface area contributed by atoms with Gasteiger partial charge in [0.15, 0.2) is 0 Å². The minimum Gasteiger partial charge on any atom is -0.481 e. The molecule has 0 saturated heterocycles. The highest BCUT2D eigenvalue weighted by Crippen LogP contribution is 1.43. The maximum Gasteiger partial charge on any atom is 0.300 e. The molecule has 0 radical (unpaired) electrons. The summed E-state index contributed by atoms with van der Waals surface area (Å²) in [5.74, 6) is -3.33. The van der Waals surface area contributed by atoms with Gasteiger partial charge in [0.1, 0.15) is 0 Å². The van der Waals surface area contributed by atoms with E-state index in [4.69, 9.17) is 39.6 Å². The molecule has 0 saturated carbocycles. The lowest BCUT2D eigenvalue weighted by atomic mass is 10.9. The molecule has 0 aliphatic rings. The third-order valence-corrected chi connectivity index (χ3v) is 0. The van der Waals surface area contributed by atoms with Crippen LogP contribution in [-0.2, 0) is 19.2 Å². The van der Waals surface area contributed by atoms with E-state index in [0.717, 1.165) is 27.7 Å². The summed E-state index contributed by atoms with van der Waals surface area (Å²) in [6.07, 6.45) is 0. The van der Waals surface area contributed by atoms with Crippen molar-refractivity contribution in [3.05, 3.63) is 13.2 Å². The Labute approximate surface area is 130 Å². The summed E-state index contributed by atoms with van der Waals surface area (Å²) in [5.41, 5.74) is 0. The second kappa shape index (κ2) is 62.9. The van der Waals surface area contributed by atoms with Gasteiger partial charge in [0.25, 0.3) is 23.9 Å². The molecule has 12 nitrogen and oxygen atoms in total. The minimum absolute atomic E-state index is 0. The van der Waals surface area contributed by atoms with Crippen LogP contribution in [0, 0.1) is 0 Å². The first-order valence-electron chi connectivity index (χ1n) is 4.21. The van der Waals surface area contributed by atoms with Gasteiger partial charge in [0, 0.05) is 27.7 Å². The van der Waals surface area contributed by atoms with E-state index in [1.54, 1.807) is 0 Å². The summed E-state index contributed by atoms with van der Waals surface area (Å²) in [7, 11) is 0. The summed E-state index contributed by atoms with van der Waals surface area (Å²) in [6, 6.07) is 0. The van der Waals surface area contributed by atoms with Gasteiger partial charge in [-0.1, -0.05) is 0 Å². The second-order valence-corrected chi connectivity index (χ2v) is 2.08. The van der Waals surface area contributed by atoms with E-state index < -0.39 is 23.9 Å². The summed E-state index contributed by atoms with van der Waals surface area (Å²) in [6.45, 7) is 10.3. The summed E-state index contributed by atoms with van der Waals surface area (Å²) >= 11 is 0. The van der Waals surface area contributed by atoms with Gasteiger partial charge in [-0.3, -0.25) is 19.2 Å².